The minimum absolute atomic E-state index is 0.571. The van der Waals surface area contributed by atoms with Crippen LogP contribution in [-0.2, 0) is 0 Å². The molecule has 0 unspecified atom stereocenters. The first-order valence-electron chi connectivity index (χ1n) is 22.9. The van der Waals surface area contributed by atoms with Gasteiger partial charge in [-0.2, -0.15) is 0 Å². The van der Waals surface area contributed by atoms with E-state index < -0.39 is 0 Å². The van der Waals surface area contributed by atoms with Crippen LogP contribution in [0, 0.1) is 0 Å². The molecular formula is C63H37N5. The summed E-state index contributed by atoms with van der Waals surface area (Å²) in [6.45, 7) is 0. The average Bonchev–Trinajstić information content (AvgIpc) is 3.39. The second-order valence-electron chi connectivity index (χ2n) is 17.7. The molecule has 0 aliphatic carbocycles. The molecule has 0 amide bonds. The Bertz CT molecular complexity index is 4020. The molecule has 0 N–H and O–H groups in total. The highest BCUT2D eigenvalue weighted by molar-refractivity contribution is 6.13. The number of fused-ring (bicyclic) bond motifs is 8. The Labute approximate surface area is 390 Å². The summed E-state index contributed by atoms with van der Waals surface area (Å²) in [5.74, 6) is 1.72. The minimum atomic E-state index is 0.571. The SMILES string of the molecule is c1ccc2cc3cc(-c4cc(-c5ccc6cc7ccccc7cc6c5)cc(-c5nc(-c6c7ccccc7cc7ncccc67)nc(-c6c7ccccc7cc7ncccc67)n5)c4)ccc3cc2c1. The first-order chi connectivity index (χ1) is 33.6. The summed E-state index contributed by atoms with van der Waals surface area (Å²) in [7, 11) is 0. The van der Waals surface area contributed by atoms with Gasteiger partial charge in [-0.15, -0.1) is 0 Å². The standard InChI is InChI=1S/C63H37N5/c1-3-13-40-29-48-31-44(23-21-42(48)27-38(40)11-1)50-33-51(45-24-22-43-28-39-12-2-4-14-41(39)30-49(43)32-45)35-52(34-50)61-66-62(59-53-17-7-5-15-46(53)36-57-55(59)19-9-25-64-57)68-63(67-61)60-54-18-8-6-16-47(54)37-58-56(60)20-10-26-65-58/h1-37H. The van der Waals surface area contributed by atoms with E-state index in [1.54, 1.807) is 0 Å². The van der Waals surface area contributed by atoms with Crippen LogP contribution >= 0.6 is 0 Å². The lowest BCUT2D eigenvalue weighted by Gasteiger charge is -2.16. The molecule has 5 nitrogen and oxygen atoms in total. The van der Waals surface area contributed by atoms with E-state index in [4.69, 9.17) is 24.9 Å². The van der Waals surface area contributed by atoms with Crippen molar-refractivity contribution >= 4 is 86.4 Å². The molecule has 5 heteroatoms. The fourth-order valence-electron chi connectivity index (χ4n) is 10.3. The minimum Gasteiger partial charge on any atom is -0.256 e. The lowest BCUT2D eigenvalue weighted by molar-refractivity contribution is 1.08. The molecule has 14 aromatic rings. The largest absolute Gasteiger partial charge is 0.256 e. The molecule has 11 aromatic carbocycles. The van der Waals surface area contributed by atoms with Crippen molar-refractivity contribution in [3.8, 4) is 56.4 Å². The predicted molar refractivity (Wildman–Crippen MR) is 283 cm³/mol. The van der Waals surface area contributed by atoms with Gasteiger partial charge in [0.2, 0.25) is 0 Å². The van der Waals surface area contributed by atoms with Crippen LogP contribution in [0.3, 0.4) is 0 Å². The highest BCUT2D eigenvalue weighted by Gasteiger charge is 2.21. The van der Waals surface area contributed by atoms with Crippen molar-refractivity contribution in [3.63, 3.8) is 0 Å². The van der Waals surface area contributed by atoms with Crippen LogP contribution in [-0.4, -0.2) is 24.9 Å². The van der Waals surface area contributed by atoms with E-state index in [1.807, 2.05) is 24.5 Å². The van der Waals surface area contributed by atoms with Gasteiger partial charge in [0, 0.05) is 39.9 Å². The zero-order valence-corrected chi connectivity index (χ0v) is 36.6. The maximum Gasteiger partial charge on any atom is 0.165 e. The number of nitrogens with zero attached hydrogens (tertiary/aromatic N) is 5. The molecule has 0 radical (unpaired) electrons. The lowest BCUT2D eigenvalue weighted by atomic mass is 9.92. The van der Waals surface area contributed by atoms with E-state index in [-0.39, 0.29) is 0 Å². The van der Waals surface area contributed by atoms with Crippen molar-refractivity contribution in [2.75, 3.05) is 0 Å². The Hall–Kier alpha value is -9.19. The van der Waals surface area contributed by atoms with E-state index in [1.165, 1.54) is 43.1 Å². The Balaban J connectivity index is 1.07. The van der Waals surface area contributed by atoms with E-state index in [9.17, 15) is 0 Å². The summed E-state index contributed by atoms with van der Waals surface area (Å²) < 4.78 is 0. The van der Waals surface area contributed by atoms with Crippen molar-refractivity contribution < 1.29 is 0 Å². The van der Waals surface area contributed by atoms with Gasteiger partial charge in [-0.1, -0.05) is 133 Å². The molecule has 0 aliphatic rings. The maximum atomic E-state index is 5.53. The second-order valence-corrected chi connectivity index (χ2v) is 17.7. The smallest absolute Gasteiger partial charge is 0.165 e. The molecule has 0 aliphatic heterocycles. The molecule has 0 saturated heterocycles. The monoisotopic (exact) mass is 863 g/mol. The second kappa shape index (κ2) is 15.2. The summed E-state index contributed by atoms with van der Waals surface area (Å²) in [5.41, 5.74) is 8.80. The highest BCUT2D eigenvalue weighted by Crippen LogP contribution is 2.41. The van der Waals surface area contributed by atoms with Crippen LogP contribution in [0.2, 0.25) is 0 Å². The van der Waals surface area contributed by atoms with Gasteiger partial charge in [0.25, 0.3) is 0 Å². The molecule has 0 fully saturated rings. The Kier molecular flexibility index (Phi) is 8.52. The first-order valence-corrected chi connectivity index (χ1v) is 22.9. The van der Waals surface area contributed by atoms with E-state index in [0.29, 0.717) is 17.5 Å². The molecule has 0 spiro atoms. The number of aromatic nitrogens is 5. The molecule has 0 atom stereocenters. The van der Waals surface area contributed by atoms with Crippen LogP contribution in [0.1, 0.15) is 0 Å². The van der Waals surface area contributed by atoms with Crippen LogP contribution in [0.4, 0.5) is 0 Å². The zero-order valence-electron chi connectivity index (χ0n) is 36.6. The maximum absolute atomic E-state index is 5.53. The predicted octanol–water partition coefficient (Wildman–Crippen LogP) is 16.2. The van der Waals surface area contributed by atoms with Crippen molar-refractivity contribution in [1.82, 2.24) is 24.9 Å². The zero-order chi connectivity index (χ0) is 44.7. The summed E-state index contributed by atoms with van der Waals surface area (Å²) in [4.78, 5) is 26.3. The van der Waals surface area contributed by atoms with Gasteiger partial charge in [-0.05, 0) is 166 Å². The molecule has 0 bridgehead atoms. The molecule has 3 aromatic heterocycles. The normalized spacial score (nSPS) is 11.8. The topological polar surface area (TPSA) is 64.5 Å². The van der Waals surface area contributed by atoms with Gasteiger partial charge in [0.15, 0.2) is 17.5 Å². The van der Waals surface area contributed by atoms with Gasteiger partial charge in [0.05, 0.1) is 11.0 Å². The molecule has 3 heterocycles. The number of pyridine rings is 2. The summed E-state index contributed by atoms with van der Waals surface area (Å²) >= 11 is 0. The summed E-state index contributed by atoms with van der Waals surface area (Å²) in [6.07, 6.45) is 3.69. The van der Waals surface area contributed by atoms with Crippen LogP contribution in [0.15, 0.2) is 225 Å². The third-order valence-corrected chi connectivity index (χ3v) is 13.6. The van der Waals surface area contributed by atoms with Gasteiger partial charge >= 0.3 is 0 Å². The number of rotatable bonds is 5. The molecule has 0 saturated carbocycles. The molecular weight excluding hydrogens is 827 g/mol. The fourth-order valence-corrected chi connectivity index (χ4v) is 10.3. The van der Waals surface area contributed by atoms with Gasteiger partial charge in [0.1, 0.15) is 0 Å². The lowest BCUT2D eigenvalue weighted by Crippen LogP contribution is -2.02. The van der Waals surface area contributed by atoms with E-state index in [2.05, 4.69) is 200 Å². The van der Waals surface area contributed by atoms with Gasteiger partial charge < -0.3 is 0 Å². The third kappa shape index (κ3) is 6.36. The molecule has 14 rings (SSSR count). The van der Waals surface area contributed by atoms with Crippen molar-refractivity contribution in [2.24, 2.45) is 0 Å². The quantitative estimate of drug-likeness (QED) is 0.161. The fraction of sp³-hybridized carbons (Fsp3) is 0. The molecule has 68 heavy (non-hydrogen) atoms. The third-order valence-electron chi connectivity index (χ3n) is 13.6. The van der Waals surface area contributed by atoms with Crippen molar-refractivity contribution in [1.29, 1.82) is 0 Å². The van der Waals surface area contributed by atoms with E-state index in [0.717, 1.165) is 82.3 Å². The van der Waals surface area contributed by atoms with Crippen molar-refractivity contribution in [2.45, 2.75) is 0 Å². The van der Waals surface area contributed by atoms with Crippen LogP contribution in [0.5, 0.6) is 0 Å². The molecule has 314 valence electrons. The average molecular weight is 864 g/mol. The number of benzene rings is 11. The Morgan fingerprint density at radius 3 is 1.06 bits per heavy atom. The van der Waals surface area contributed by atoms with Gasteiger partial charge in [-0.3, -0.25) is 9.97 Å². The highest BCUT2D eigenvalue weighted by atomic mass is 15.0. The van der Waals surface area contributed by atoms with Crippen molar-refractivity contribution in [3.05, 3.63) is 225 Å². The summed E-state index contributed by atoms with van der Waals surface area (Å²) in [5, 5.41) is 15.8. The summed E-state index contributed by atoms with van der Waals surface area (Å²) in [6, 6.07) is 76.0. The van der Waals surface area contributed by atoms with Crippen LogP contribution in [0.25, 0.3) is 143 Å². The number of hydrogen-bond acceptors (Lipinski definition) is 5. The number of hydrogen-bond donors (Lipinski definition) is 0. The van der Waals surface area contributed by atoms with Gasteiger partial charge in [-0.25, -0.2) is 15.0 Å². The van der Waals surface area contributed by atoms with E-state index >= 15 is 0 Å². The Morgan fingerprint density at radius 2 is 0.588 bits per heavy atom. The van der Waals surface area contributed by atoms with Crippen LogP contribution < -0.4 is 0 Å². The Morgan fingerprint density at radius 1 is 0.221 bits per heavy atom. The first kappa shape index (κ1) is 38.1.